The van der Waals surface area contributed by atoms with E-state index < -0.39 is 0 Å². The maximum atomic E-state index is 11.9. The number of hydrazone groups is 1. The van der Waals surface area contributed by atoms with Gasteiger partial charge in [0.2, 0.25) is 5.91 Å². The van der Waals surface area contributed by atoms with Crippen molar-refractivity contribution in [3.8, 4) is 0 Å². The van der Waals surface area contributed by atoms with Crippen LogP contribution in [0.2, 0.25) is 0 Å². The lowest BCUT2D eigenvalue weighted by atomic mass is 10.1. The first kappa shape index (κ1) is 20.0. The van der Waals surface area contributed by atoms with Gasteiger partial charge in [-0.1, -0.05) is 36.4 Å². The summed E-state index contributed by atoms with van der Waals surface area (Å²) in [5.41, 5.74) is 7.28. The fourth-order valence-corrected chi connectivity index (χ4v) is 3.49. The second-order valence-electron chi connectivity index (χ2n) is 5.98. The van der Waals surface area contributed by atoms with E-state index in [1.807, 2.05) is 24.3 Å². The molecule has 26 heavy (non-hydrogen) atoms. The zero-order valence-electron chi connectivity index (χ0n) is 15.7. The van der Waals surface area contributed by atoms with Crippen molar-refractivity contribution >= 4 is 29.6 Å². The van der Waals surface area contributed by atoms with Crippen LogP contribution in [0.5, 0.6) is 0 Å². The second-order valence-corrected chi connectivity index (χ2v) is 6.96. The van der Waals surface area contributed by atoms with Crippen molar-refractivity contribution in [2.24, 2.45) is 5.10 Å². The van der Waals surface area contributed by atoms with Gasteiger partial charge in [0.15, 0.2) is 0 Å². The lowest BCUT2D eigenvalue weighted by Crippen LogP contribution is -2.21. The summed E-state index contributed by atoms with van der Waals surface area (Å²) >= 11 is 1.59. The van der Waals surface area contributed by atoms with E-state index in [-0.39, 0.29) is 5.91 Å². The van der Waals surface area contributed by atoms with Crippen LogP contribution in [-0.2, 0) is 10.5 Å². The molecule has 1 amide bonds. The fraction of sp³-hybridized carbons (Fsp3) is 0.333. The summed E-state index contributed by atoms with van der Waals surface area (Å²) in [6.07, 6.45) is 1.68. The van der Waals surface area contributed by atoms with Crippen LogP contribution < -0.4 is 10.3 Å². The van der Waals surface area contributed by atoms with E-state index in [2.05, 4.69) is 60.5 Å². The number of amides is 1. The van der Waals surface area contributed by atoms with Gasteiger partial charge in [-0.25, -0.2) is 5.43 Å². The van der Waals surface area contributed by atoms with Gasteiger partial charge in [-0.3, -0.25) is 4.79 Å². The molecule has 0 aliphatic rings. The van der Waals surface area contributed by atoms with E-state index in [1.165, 1.54) is 16.8 Å². The molecule has 0 heterocycles. The average Bonchev–Trinajstić information content (AvgIpc) is 2.65. The Labute approximate surface area is 160 Å². The molecular weight excluding hydrogens is 342 g/mol. The predicted octanol–water partition coefficient (Wildman–Crippen LogP) is 4.22. The molecule has 0 saturated heterocycles. The highest BCUT2D eigenvalue weighted by molar-refractivity contribution is 7.99. The average molecular weight is 370 g/mol. The Morgan fingerprint density at radius 2 is 1.81 bits per heavy atom. The van der Waals surface area contributed by atoms with Crippen LogP contribution in [0.25, 0.3) is 0 Å². The molecule has 0 unspecified atom stereocenters. The first-order valence-electron chi connectivity index (χ1n) is 8.93. The van der Waals surface area contributed by atoms with Crippen LogP contribution in [0.4, 0.5) is 5.69 Å². The monoisotopic (exact) mass is 369 g/mol. The number of hydrogen-bond donors (Lipinski definition) is 1. The lowest BCUT2D eigenvalue weighted by Gasteiger charge is -2.20. The molecule has 2 aromatic rings. The number of aryl methyl sites for hydroxylation is 1. The molecule has 2 aromatic carbocycles. The largest absolute Gasteiger partial charge is 0.372 e. The fourth-order valence-electron chi connectivity index (χ4n) is 2.60. The first-order chi connectivity index (χ1) is 12.6. The van der Waals surface area contributed by atoms with Crippen molar-refractivity contribution in [1.82, 2.24) is 5.43 Å². The number of nitrogens with one attached hydrogen (secondary N) is 1. The highest BCUT2D eigenvalue weighted by atomic mass is 32.2. The molecule has 0 radical (unpaired) electrons. The maximum absolute atomic E-state index is 11.9. The van der Waals surface area contributed by atoms with Crippen LogP contribution in [0.3, 0.4) is 0 Å². The molecule has 0 bridgehead atoms. The minimum atomic E-state index is -0.0837. The number of benzene rings is 2. The van der Waals surface area contributed by atoms with Gasteiger partial charge in [0, 0.05) is 24.5 Å². The van der Waals surface area contributed by atoms with E-state index >= 15 is 0 Å². The molecule has 1 N–H and O–H groups in total. The molecule has 0 aliphatic heterocycles. The smallest absolute Gasteiger partial charge is 0.250 e. The molecule has 5 heteroatoms. The zero-order chi connectivity index (χ0) is 18.8. The molecule has 0 saturated carbocycles. The Balaban J connectivity index is 1.75. The second kappa shape index (κ2) is 10.7. The highest BCUT2D eigenvalue weighted by Gasteiger charge is 2.03. The van der Waals surface area contributed by atoms with Crippen LogP contribution >= 0.6 is 11.8 Å². The topological polar surface area (TPSA) is 44.7 Å². The Morgan fingerprint density at radius 3 is 2.46 bits per heavy atom. The highest BCUT2D eigenvalue weighted by Crippen LogP contribution is 2.16. The predicted molar refractivity (Wildman–Crippen MR) is 113 cm³/mol. The molecule has 4 nitrogen and oxygen atoms in total. The third-order valence-electron chi connectivity index (χ3n) is 4.18. The van der Waals surface area contributed by atoms with Crippen molar-refractivity contribution in [3.63, 3.8) is 0 Å². The number of anilines is 1. The molecule has 0 aliphatic carbocycles. The van der Waals surface area contributed by atoms with Gasteiger partial charge in [-0.2, -0.15) is 5.10 Å². The summed E-state index contributed by atoms with van der Waals surface area (Å²) in [5.74, 6) is 1.14. The Hall–Kier alpha value is -2.27. The number of hydrogen-bond acceptors (Lipinski definition) is 4. The van der Waals surface area contributed by atoms with Crippen LogP contribution in [0, 0.1) is 6.92 Å². The SMILES string of the molecule is CCN(CC)c1ccc(/C=N/NC(=O)CSCc2ccccc2C)cc1. The van der Waals surface area contributed by atoms with Gasteiger partial charge >= 0.3 is 0 Å². The van der Waals surface area contributed by atoms with Crippen LogP contribution in [0.1, 0.15) is 30.5 Å². The lowest BCUT2D eigenvalue weighted by molar-refractivity contribution is -0.118. The van der Waals surface area contributed by atoms with Crippen molar-refractivity contribution < 1.29 is 4.79 Å². The van der Waals surface area contributed by atoms with Gasteiger partial charge in [-0.05, 0) is 49.6 Å². The number of thioether (sulfide) groups is 1. The van der Waals surface area contributed by atoms with Crippen LogP contribution in [0.15, 0.2) is 53.6 Å². The molecular formula is C21H27N3OS. The molecule has 0 fully saturated rings. The minimum absolute atomic E-state index is 0.0837. The molecule has 138 valence electrons. The Morgan fingerprint density at radius 1 is 1.12 bits per heavy atom. The van der Waals surface area contributed by atoms with E-state index in [0.717, 1.165) is 24.4 Å². The zero-order valence-corrected chi connectivity index (χ0v) is 16.6. The summed E-state index contributed by atoms with van der Waals surface area (Å²) in [7, 11) is 0. The number of rotatable bonds is 9. The van der Waals surface area contributed by atoms with E-state index in [0.29, 0.717) is 5.75 Å². The minimum Gasteiger partial charge on any atom is -0.372 e. The van der Waals surface area contributed by atoms with E-state index in [9.17, 15) is 4.79 Å². The maximum Gasteiger partial charge on any atom is 0.250 e. The van der Waals surface area contributed by atoms with Gasteiger partial charge < -0.3 is 4.90 Å². The van der Waals surface area contributed by atoms with Gasteiger partial charge in [0.05, 0.1) is 12.0 Å². The van der Waals surface area contributed by atoms with Gasteiger partial charge in [-0.15, -0.1) is 11.8 Å². The third kappa shape index (κ3) is 6.23. The summed E-state index contributed by atoms with van der Waals surface area (Å²) in [4.78, 5) is 14.2. The van der Waals surface area contributed by atoms with Crippen LogP contribution in [-0.4, -0.2) is 31.0 Å². The third-order valence-corrected chi connectivity index (χ3v) is 5.16. The van der Waals surface area contributed by atoms with Crippen molar-refractivity contribution in [3.05, 3.63) is 65.2 Å². The van der Waals surface area contributed by atoms with Gasteiger partial charge in [0.25, 0.3) is 0 Å². The molecule has 2 rings (SSSR count). The van der Waals surface area contributed by atoms with Crippen molar-refractivity contribution in [2.45, 2.75) is 26.5 Å². The number of carbonyl (C=O) groups excluding carboxylic acids is 1. The summed E-state index contributed by atoms with van der Waals surface area (Å²) < 4.78 is 0. The van der Waals surface area contributed by atoms with Gasteiger partial charge in [0.1, 0.15) is 0 Å². The molecule has 0 atom stereocenters. The number of carbonyl (C=O) groups is 1. The Kier molecular flexibility index (Phi) is 8.22. The standard InChI is InChI=1S/C21H27N3OS/c1-4-24(5-2)20-12-10-18(11-13-20)14-22-23-21(25)16-26-15-19-9-7-6-8-17(19)3/h6-14H,4-5,15-16H2,1-3H3,(H,23,25)/b22-14+. The van der Waals surface area contributed by atoms with E-state index in [4.69, 9.17) is 0 Å². The van der Waals surface area contributed by atoms with Crippen molar-refractivity contribution in [2.75, 3.05) is 23.7 Å². The molecule has 0 spiro atoms. The molecule has 0 aromatic heterocycles. The first-order valence-corrected chi connectivity index (χ1v) is 10.1. The quantitative estimate of drug-likeness (QED) is 0.531. The summed E-state index contributed by atoms with van der Waals surface area (Å²) in [5, 5.41) is 4.05. The normalized spacial score (nSPS) is 10.9. The summed E-state index contributed by atoms with van der Waals surface area (Å²) in [6, 6.07) is 16.4. The van der Waals surface area contributed by atoms with E-state index in [1.54, 1.807) is 18.0 Å². The van der Waals surface area contributed by atoms with Crippen molar-refractivity contribution in [1.29, 1.82) is 0 Å². The Bertz CT molecular complexity index is 724. The number of nitrogens with zero attached hydrogens (tertiary/aromatic N) is 2. The summed E-state index contributed by atoms with van der Waals surface area (Å²) in [6.45, 7) is 8.35.